The van der Waals surface area contributed by atoms with Crippen molar-refractivity contribution in [3.63, 3.8) is 0 Å². The molecule has 4 nitrogen and oxygen atoms in total. The molecule has 0 saturated heterocycles. The maximum atomic E-state index is 11.7. The van der Waals surface area contributed by atoms with Gasteiger partial charge in [-0.2, -0.15) is 0 Å². The highest BCUT2D eigenvalue weighted by molar-refractivity contribution is 5.81. The zero-order chi connectivity index (χ0) is 14.3. The number of benzene rings is 1. The summed E-state index contributed by atoms with van der Waals surface area (Å²) < 4.78 is 5.51. The number of carbonyl (C=O) groups is 1. The molecule has 104 valence electrons. The maximum Gasteiger partial charge on any atom is 0.239 e. The molecule has 0 aromatic heterocycles. The smallest absolute Gasteiger partial charge is 0.239 e. The zero-order valence-corrected chi connectivity index (χ0v) is 11.8. The van der Waals surface area contributed by atoms with Crippen LogP contribution in [0.2, 0.25) is 0 Å². The Morgan fingerprint density at radius 2 is 2.05 bits per heavy atom. The van der Waals surface area contributed by atoms with Crippen LogP contribution < -0.4 is 15.4 Å². The molecule has 0 unspecified atom stereocenters. The van der Waals surface area contributed by atoms with Crippen molar-refractivity contribution in [2.45, 2.75) is 26.3 Å². The molecular weight excluding hydrogens is 240 g/mol. The van der Waals surface area contributed by atoms with Crippen LogP contribution in [0, 0.1) is 0 Å². The molecule has 2 N–H and O–H groups in total. The van der Waals surface area contributed by atoms with Gasteiger partial charge in [0, 0.05) is 5.54 Å². The van der Waals surface area contributed by atoms with Gasteiger partial charge in [0.15, 0.2) is 0 Å². The second-order valence-electron chi connectivity index (χ2n) is 5.25. The van der Waals surface area contributed by atoms with E-state index in [0.29, 0.717) is 12.4 Å². The van der Waals surface area contributed by atoms with Crippen molar-refractivity contribution in [1.82, 2.24) is 5.32 Å². The van der Waals surface area contributed by atoms with Crippen molar-refractivity contribution >= 4 is 11.6 Å². The van der Waals surface area contributed by atoms with Crippen molar-refractivity contribution in [2.75, 3.05) is 18.5 Å². The van der Waals surface area contributed by atoms with Gasteiger partial charge < -0.3 is 15.4 Å². The van der Waals surface area contributed by atoms with Crippen LogP contribution in [0.3, 0.4) is 0 Å². The first-order valence-corrected chi connectivity index (χ1v) is 6.30. The lowest BCUT2D eigenvalue weighted by Gasteiger charge is -2.21. The first kappa shape index (κ1) is 15.1. The molecule has 0 heterocycles. The fraction of sp³-hybridized carbons (Fsp3) is 0.400. The summed E-state index contributed by atoms with van der Waals surface area (Å²) in [4.78, 5) is 11.7. The predicted octanol–water partition coefficient (Wildman–Crippen LogP) is 2.58. The van der Waals surface area contributed by atoms with Gasteiger partial charge in [0.05, 0.1) is 12.2 Å². The van der Waals surface area contributed by atoms with Gasteiger partial charge in [-0.15, -0.1) is 0 Å². The Morgan fingerprint density at radius 3 is 2.68 bits per heavy atom. The van der Waals surface area contributed by atoms with E-state index in [4.69, 9.17) is 4.74 Å². The molecule has 0 fully saturated rings. The van der Waals surface area contributed by atoms with Crippen LogP contribution in [0.4, 0.5) is 5.69 Å². The fourth-order valence-corrected chi connectivity index (χ4v) is 1.53. The molecule has 0 spiro atoms. The molecule has 4 heteroatoms. The summed E-state index contributed by atoms with van der Waals surface area (Å²) >= 11 is 0. The molecule has 1 amide bonds. The number of hydrogen-bond acceptors (Lipinski definition) is 3. The van der Waals surface area contributed by atoms with E-state index in [1.165, 1.54) is 0 Å². The van der Waals surface area contributed by atoms with Crippen molar-refractivity contribution < 1.29 is 9.53 Å². The Labute approximate surface area is 114 Å². The second kappa shape index (κ2) is 6.83. The molecule has 19 heavy (non-hydrogen) atoms. The monoisotopic (exact) mass is 262 g/mol. The predicted molar refractivity (Wildman–Crippen MR) is 78.5 cm³/mol. The van der Waals surface area contributed by atoms with E-state index in [1.807, 2.05) is 45.0 Å². The van der Waals surface area contributed by atoms with Gasteiger partial charge in [0.25, 0.3) is 0 Å². The minimum Gasteiger partial charge on any atom is -0.487 e. The third-order valence-corrected chi connectivity index (χ3v) is 2.20. The topological polar surface area (TPSA) is 50.4 Å². The summed E-state index contributed by atoms with van der Waals surface area (Å²) in [5.41, 5.74) is 0.575. The van der Waals surface area contributed by atoms with Crippen LogP contribution in [-0.2, 0) is 4.79 Å². The lowest BCUT2D eigenvalue weighted by molar-refractivity contribution is -0.120. The number of carbonyl (C=O) groups excluding carboxylic acids is 1. The molecular formula is C15H22N2O2. The summed E-state index contributed by atoms with van der Waals surface area (Å²) in [5, 5.41) is 5.97. The number of ether oxygens (including phenoxy) is 1. The highest BCUT2D eigenvalue weighted by Crippen LogP contribution is 2.23. The third kappa shape index (κ3) is 5.95. The molecule has 0 radical (unpaired) electrons. The fourth-order valence-electron chi connectivity index (χ4n) is 1.53. The van der Waals surface area contributed by atoms with Crippen LogP contribution in [0.25, 0.3) is 0 Å². The minimum atomic E-state index is -0.225. The largest absolute Gasteiger partial charge is 0.487 e. The maximum absolute atomic E-state index is 11.7. The van der Waals surface area contributed by atoms with Crippen LogP contribution in [0.15, 0.2) is 36.9 Å². The van der Waals surface area contributed by atoms with Gasteiger partial charge in [-0.05, 0) is 32.9 Å². The molecule has 0 bridgehead atoms. The van der Waals surface area contributed by atoms with Gasteiger partial charge in [-0.3, -0.25) is 4.79 Å². The first-order chi connectivity index (χ1) is 8.92. The molecule has 1 aromatic carbocycles. The SMILES string of the molecule is C=CCOc1ccccc1NCC(=O)NC(C)(C)C. The Morgan fingerprint density at radius 1 is 1.37 bits per heavy atom. The van der Waals surface area contributed by atoms with Crippen molar-refractivity contribution in [3.8, 4) is 5.75 Å². The second-order valence-corrected chi connectivity index (χ2v) is 5.25. The van der Waals surface area contributed by atoms with Crippen LogP contribution in [0.1, 0.15) is 20.8 Å². The van der Waals surface area contributed by atoms with Gasteiger partial charge >= 0.3 is 0 Å². The van der Waals surface area contributed by atoms with Crippen molar-refractivity contribution in [3.05, 3.63) is 36.9 Å². The van der Waals surface area contributed by atoms with E-state index < -0.39 is 0 Å². The molecule has 0 aliphatic carbocycles. The summed E-state index contributed by atoms with van der Waals surface area (Å²) in [7, 11) is 0. The number of hydrogen-bond donors (Lipinski definition) is 2. The Bertz CT molecular complexity index is 436. The average molecular weight is 262 g/mol. The Balaban J connectivity index is 2.57. The normalized spacial score (nSPS) is 10.7. The van der Waals surface area contributed by atoms with Crippen LogP contribution in [-0.4, -0.2) is 24.6 Å². The van der Waals surface area contributed by atoms with Crippen molar-refractivity contribution in [2.24, 2.45) is 0 Å². The highest BCUT2D eigenvalue weighted by Gasteiger charge is 2.13. The number of para-hydroxylation sites is 2. The number of nitrogens with one attached hydrogen (secondary N) is 2. The molecule has 0 saturated carbocycles. The Kier molecular flexibility index (Phi) is 5.42. The van der Waals surface area contributed by atoms with E-state index in [0.717, 1.165) is 5.69 Å². The van der Waals surface area contributed by atoms with E-state index in [9.17, 15) is 4.79 Å². The standard InChI is InChI=1S/C15H22N2O2/c1-5-10-19-13-9-7-6-8-12(13)16-11-14(18)17-15(2,3)4/h5-9,16H,1,10-11H2,2-4H3,(H,17,18). The van der Waals surface area contributed by atoms with E-state index >= 15 is 0 Å². The summed E-state index contributed by atoms with van der Waals surface area (Å²) in [6.45, 7) is 10.1. The molecule has 0 aliphatic heterocycles. The lowest BCUT2D eigenvalue weighted by atomic mass is 10.1. The van der Waals surface area contributed by atoms with Gasteiger partial charge in [0.1, 0.15) is 12.4 Å². The van der Waals surface area contributed by atoms with Gasteiger partial charge in [-0.1, -0.05) is 24.8 Å². The number of anilines is 1. The quantitative estimate of drug-likeness (QED) is 0.775. The molecule has 0 atom stereocenters. The molecule has 1 aromatic rings. The van der Waals surface area contributed by atoms with Gasteiger partial charge in [0.2, 0.25) is 5.91 Å². The molecule has 0 aliphatic rings. The van der Waals surface area contributed by atoms with Gasteiger partial charge in [-0.25, -0.2) is 0 Å². The van der Waals surface area contributed by atoms with E-state index in [-0.39, 0.29) is 18.0 Å². The number of amides is 1. The lowest BCUT2D eigenvalue weighted by Crippen LogP contribution is -2.43. The highest BCUT2D eigenvalue weighted by atomic mass is 16.5. The van der Waals surface area contributed by atoms with E-state index in [2.05, 4.69) is 17.2 Å². The zero-order valence-electron chi connectivity index (χ0n) is 11.8. The minimum absolute atomic E-state index is 0.0500. The first-order valence-electron chi connectivity index (χ1n) is 6.30. The van der Waals surface area contributed by atoms with Crippen LogP contribution in [0.5, 0.6) is 5.75 Å². The Hall–Kier alpha value is -1.97. The third-order valence-electron chi connectivity index (χ3n) is 2.20. The number of rotatable bonds is 6. The van der Waals surface area contributed by atoms with E-state index in [1.54, 1.807) is 6.08 Å². The summed E-state index contributed by atoms with van der Waals surface area (Å²) in [6, 6.07) is 7.51. The summed E-state index contributed by atoms with van der Waals surface area (Å²) in [6.07, 6.45) is 1.68. The van der Waals surface area contributed by atoms with Crippen LogP contribution >= 0.6 is 0 Å². The average Bonchev–Trinajstić information content (AvgIpc) is 2.32. The molecule has 1 rings (SSSR count). The van der Waals surface area contributed by atoms with Crippen molar-refractivity contribution in [1.29, 1.82) is 0 Å². The summed E-state index contributed by atoms with van der Waals surface area (Å²) in [5.74, 6) is 0.664.